The number of carbonyl (C=O) groups is 1. The van der Waals surface area contributed by atoms with Gasteiger partial charge in [-0.2, -0.15) is 0 Å². The first kappa shape index (κ1) is 16.9. The van der Waals surface area contributed by atoms with Gasteiger partial charge in [-0.1, -0.05) is 24.3 Å². The Bertz CT molecular complexity index is 637. The van der Waals surface area contributed by atoms with Crippen molar-refractivity contribution in [2.45, 2.75) is 20.4 Å². The van der Waals surface area contributed by atoms with Gasteiger partial charge in [0.05, 0.1) is 6.61 Å². The van der Waals surface area contributed by atoms with E-state index in [1.807, 2.05) is 50.2 Å². The maximum absolute atomic E-state index is 12.2. The van der Waals surface area contributed by atoms with E-state index >= 15 is 0 Å². The molecule has 0 heterocycles. The number of likely N-dealkylation sites (N-methyl/N-ethyl adjacent to an activating group) is 1. The van der Waals surface area contributed by atoms with Crippen molar-refractivity contribution in [2.24, 2.45) is 0 Å². The predicted octanol–water partition coefficient (Wildman–Crippen LogP) is 3.43. The molecule has 4 nitrogen and oxygen atoms in total. The van der Waals surface area contributed by atoms with Gasteiger partial charge in [0, 0.05) is 13.6 Å². The standard InChI is InChI=1S/C19H23NO3/c1-4-22-17-9-11-18(12-10-17)23-14-19(21)20(3)13-16-8-6-5-7-15(16)2/h5-12H,4,13-14H2,1-3H3. The van der Waals surface area contributed by atoms with Crippen LogP contribution in [-0.2, 0) is 11.3 Å². The molecule has 0 aromatic heterocycles. The van der Waals surface area contributed by atoms with Crippen LogP contribution in [0.3, 0.4) is 0 Å². The molecule has 2 rings (SSSR count). The minimum atomic E-state index is -0.0536. The van der Waals surface area contributed by atoms with Gasteiger partial charge < -0.3 is 14.4 Å². The Balaban J connectivity index is 1.85. The highest BCUT2D eigenvalue weighted by Crippen LogP contribution is 2.17. The molecule has 0 atom stereocenters. The van der Waals surface area contributed by atoms with Crippen LogP contribution in [0.25, 0.3) is 0 Å². The van der Waals surface area contributed by atoms with Gasteiger partial charge in [0.1, 0.15) is 11.5 Å². The highest BCUT2D eigenvalue weighted by molar-refractivity contribution is 5.77. The highest BCUT2D eigenvalue weighted by Gasteiger charge is 2.11. The van der Waals surface area contributed by atoms with Crippen LogP contribution in [0.2, 0.25) is 0 Å². The molecular formula is C19H23NO3. The smallest absolute Gasteiger partial charge is 0.260 e. The van der Waals surface area contributed by atoms with Gasteiger partial charge in [-0.15, -0.1) is 0 Å². The third kappa shape index (κ3) is 5.02. The third-order valence-electron chi connectivity index (χ3n) is 3.59. The summed E-state index contributed by atoms with van der Waals surface area (Å²) in [5.41, 5.74) is 2.32. The molecule has 0 N–H and O–H groups in total. The van der Waals surface area contributed by atoms with Crippen LogP contribution in [0.4, 0.5) is 0 Å². The monoisotopic (exact) mass is 313 g/mol. The van der Waals surface area contributed by atoms with E-state index in [0.717, 1.165) is 11.3 Å². The lowest BCUT2D eigenvalue weighted by Gasteiger charge is -2.18. The van der Waals surface area contributed by atoms with Crippen molar-refractivity contribution in [3.8, 4) is 11.5 Å². The second-order valence-electron chi connectivity index (χ2n) is 5.37. The third-order valence-corrected chi connectivity index (χ3v) is 3.59. The molecule has 4 heteroatoms. The summed E-state index contributed by atoms with van der Waals surface area (Å²) in [6.07, 6.45) is 0. The fourth-order valence-corrected chi connectivity index (χ4v) is 2.19. The number of nitrogens with zero attached hydrogens (tertiary/aromatic N) is 1. The summed E-state index contributed by atoms with van der Waals surface area (Å²) in [5, 5.41) is 0. The van der Waals surface area contributed by atoms with Gasteiger partial charge in [0.15, 0.2) is 6.61 Å². The summed E-state index contributed by atoms with van der Waals surface area (Å²) in [7, 11) is 1.79. The van der Waals surface area contributed by atoms with E-state index in [2.05, 4.69) is 0 Å². The molecule has 0 aliphatic carbocycles. The van der Waals surface area contributed by atoms with Crippen molar-refractivity contribution < 1.29 is 14.3 Å². The Hall–Kier alpha value is -2.49. The largest absolute Gasteiger partial charge is 0.494 e. The minimum Gasteiger partial charge on any atom is -0.494 e. The van der Waals surface area contributed by atoms with Crippen LogP contribution in [0.1, 0.15) is 18.1 Å². The Morgan fingerprint density at radius 2 is 1.61 bits per heavy atom. The number of aryl methyl sites for hydroxylation is 1. The second kappa shape index (κ2) is 8.22. The number of hydrogen-bond donors (Lipinski definition) is 0. The van der Waals surface area contributed by atoms with Crippen LogP contribution < -0.4 is 9.47 Å². The fourth-order valence-electron chi connectivity index (χ4n) is 2.19. The summed E-state index contributed by atoms with van der Waals surface area (Å²) in [5.74, 6) is 1.40. The number of hydrogen-bond acceptors (Lipinski definition) is 3. The van der Waals surface area contributed by atoms with Crippen LogP contribution in [0.5, 0.6) is 11.5 Å². The van der Waals surface area contributed by atoms with Gasteiger partial charge in [-0.3, -0.25) is 4.79 Å². The average molecular weight is 313 g/mol. The molecule has 0 spiro atoms. The van der Waals surface area contributed by atoms with E-state index in [0.29, 0.717) is 18.9 Å². The zero-order valence-electron chi connectivity index (χ0n) is 13.9. The van der Waals surface area contributed by atoms with Crippen molar-refractivity contribution in [3.05, 3.63) is 59.7 Å². The molecule has 0 bridgehead atoms. The Morgan fingerprint density at radius 3 is 2.22 bits per heavy atom. The lowest BCUT2D eigenvalue weighted by atomic mass is 10.1. The molecule has 0 radical (unpaired) electrons. The molecule has 0 aliphatic rings. The maximum atomic E-state index is 12.2. The molecule has 122 valence electrons. The normalized spacial score (nSPS) is 10.2. The molecule has 0 saturated carbocycles. The molecule has 0 aliphatic heterocycles. The number of ether oxygens (including phenoxy) is 2. The number of carbonyl (C=O) groups excluding carboxylic acids is 1. The molecule has 23 heavy (non-hydrogen) atoms. The van der Waals surface area contributed by atoms with Crippen LogP contribution in [0, 0.1) is 6.92 Å². The van der Waals surface area contributed by atoms with Gasteiger partial charge in [0.25, 0.3) is 5.91 Å². The Labute approximate surface area is 137 Å². The SMILES string of the molecule is CCOc1ccc(OCC(=O)N(C)Cc2ccccc2C)cc1. The molecule has 2 aromatic rings. The molecule has 2 aromatic carbocycles. The van der Waals surface area contributed by atoms with Crippen molar-refractivity contribution >= 4 is 5.91 Å². The first-order chi connectivity index (χ1) is 11.1. The van der Waals surface area contributed by atoms with E-state index in [1.165, 1.54) is 5.56 Å². The predicted molar refractivity (Wildman–Crippen MR) is 90.8 cm³/mol. The van der Waals surface area contributed by atoms with Crippen LogP contribution in [0.15, 0.2) is 48.5 Å². The second-order valence-corrected chi connectivity index (χ2v) is 5.37. The summed E-state index contributed by atoms with van der Waals surface area (Å²) >= 11 is 0. The highest BCUT2D eigenvalue weighted by atomic mass is 16.5. The first-order valence-corrected chi connectivity index (χ1v) is 7.74. The zero-order valence-corrected chi connectivity index (χ0v) is 13.9. The molecule has 0 fully saturated rings. The van der Waals surface area contributed by atoms with E-state index in [-0.39, 0.29) is 12.5 Å². The van der Waals surface area contributed by atoms with Gasteiger partial charge in [0.2, 0.25) is 0 Å². The lowest BCUT2D eigenvalue weighted by Crippen LogP contribution is -2.31. The molecule has 1 amide bonds. The number of amides is 1. The summed E-state index contributed by atoms with van der Waals surface area (Å²) in [6.45, 7) is 5.22. The van der Waals surface area contributed by atoms with Crippen LogP contribution in [-0.4, -0.2) is 31.1 Å². The number of benzene rings is 2. The first-order valence-electron chi connectivity index (χ1n) is 7.74. The average Bonchev–Trinajstić information content (AvgIpc) is 2.56. The van der Waals surface area contributed by atoms with Crippen molar-refractivity contribution in [1.29, 1.82) is 0 Å². The Morgan fingerprint density at radius 1 is 1.00 bits per heavy atom. The van der Waals surface area contributed by atoms with Crippen molar-refractivity contribution in [1.82, 2.24) is 4.90 Å². The van der Waals surface area contributed by atoms with Crippen molar-refractivity contribution in [2.75, 3.05) is 20.3 Å². The molecule has 0 saturated heterocycles. The summed E-state index contributed by atoms with van der Waals surface area (Å²) in [6, 6.07) is 15.3. The minimum absolute atomic E-state index is 0.0242. The van der Waals surface area contributed by atoms with E-state index < -0.39 is 0 Å². The molecular weight excluding hydrogens is 290 g/mol. The zero-order chi connectivity index (χ0) is 16.7. The quantitative estimate of drug-likeness (QED) is 0.786. The molecule has 0 unspecified atom stereocenters. The van der Waals surface area contributed by atoms with Gasteiger partial charge >= 0.3 is 0 Å². The van der Waals surface area contributed by atoms with Crippen molar-refractivity contribution in [3.63, 3.8) is 0 Å². The van der Waals surface area contributed by atoms with E-state index in [4.69, 9.17) is 9.47 Å². The fraction of sp³-hybridized carbons (Fsp3) is 0.316. The maximum Gasteiger partial charge on any atom is 0.260 e. The van der Waals surface area contributed by atoms with Gasteiger partial charge in [-0.25, -0.2) is 0 Å². The Kier molecular flexibility index (Phi) is 6.03. The summed E-state index contributed by atoms with van der Waals surface area (Å²) in [4.78, 5) is 13.9. The van der Waals surface area contributed by atoms with E-state index in [1.54, 1.807) is 24.1 Å². The number of rotatable bonds is 7. The van der Waals surface area contributed by atoms with Gasteiger partial charge in [-0.05, 0) is 49.2 Å². The topological polar surface area (TPSA) is 38.8 Å². The van der Waals surface area contributed by atoms with E-state index in [9.17, 15) is 4.79 Å². The lowest BCUT2D eigenvalue weighted by molar-refractivity contribution is -0.132. The summed E-state index contributed by atoms with van der Waals surface area (Å²) < 4.78 is 10.9. The van der Waals surface area contributed by atoms with Crippen LogP contribution >= 0.6 is 0 Å².